The van der Waals surface area contributed by atoms with E-state index in [1.807, 2.05) is 0 Å². The number of halogens is 1. The van der Waals surface area contributed by atoms with Crippen molar-refractivity contribution in [1.82, 2.24) is 0 Å². The van der Waals surface area contributed by atoms with Gasteiger partial charge in [0.1, 0.15) is 17.3 Å². The first-order valence-electron chi connectivity index (χ1n) is 10.2. The van der Waals surface area contributed by atoms with Gasteiger partial charge in [0.15, 0.2) is 17.3 Å². The van der Waals surface area contributed by atoms with Crippen molar-refractivity contribution in [1.29, 1.82) is 0 Å². The van der Waals surface area contributed by atoms with Gasteiger partial charge in [0, 0.05) is 11.6 Å². The Morgan fingerprint density at radius 1 is 0.971 bits per heavy atom. The van der Waals surface area contributed by atoms with E-state index < -0.39 is 11.8 Å². The Bertz CT molecular complexity index is 1330. The summed E-state index contributed by atoms with van der Waals surface area (Å²) in [6, 6.07) is 11.6. The number of Topliss-reactive ketones (excluding diaryl/α,β-unsaturated/α-hetero) is 1. The molecule has 0 amide bonds. The Hall–Kier alpha value is -4.33. The number of ether oxygens (including phenoxy) is 5. The third-order valence-corrected chi connectivity index (χ3v) is 5.24. The fourth-order valence-electron chi connectivity index (χ4n) is 3.70. The van der Waals surface area contributed by atoms with Crippen LogP contribution < -0.4 is 23.7 Å². The van der Waals surface area contributed by atoms with E-state index >= 15 is 0 Å². The minimum Gasteiger partial charge on any atom is -0.493 e. The fraction of sp³-hybridized carbons (Fsp3) is 0.154. The number of aryl methyl sites for hydroxylation is 1. The molecule has 0 aliphatic carbocycles. The summed E-state index contributed by atoms with van der Waals surface area (Å²) in [5.74, 6) is 0.116. The molecule has 0 bridgehead atoms. The monoisotopic (exact) mass is 464 g/mol. The SMILES string of the molecule is COc1ccc(/C=C2\Oc3cc(OC(=O)c4cccc(F)c4)cc(C)c3C2=O)c(OC)c1OC. The molecule has 4 rings (SSSR count). The zero-order valence-electron chi connectivity index (χ0n) is 18.9. The van der Waals surface area contributed by atoms with E-state index in [1.165, 1.54) is 45.6 Å². The van der Waals surface area contributed by atoms with E-state index in [0.717, 1.165) is 6.07 Å². The molecule has 8 heteroatoms. The molecule has 34 heavy (non-hydrogen) atoms. The zero-order valence-corrected chi connectivity index (χ0v) is 18.9. The van der Waals surface area contributed by atoms with Gasteiger partial charge in [-0.1, -0.05) is 6.07 Å². The van der Waals surface area contributed by atoms with Crippen molar-refractivity contribution in [2.75, 3.05) is 21.3 Å². The fourth-order valence-corrected chi connectivity index (χ4v) is 3.70. The highest BCUT2D eigenvalue weighted by Gasteiger charge is 2.31. The van der Waals surface area contributed by atoms with E-state index in [2.05, 4.69) is 0 Å². The van der Waals surface area contributed by atoms with Crippen molar-refractivity contribution < 1.29 is 37.7 Å². The van der Waals surface area contributed by atoms with Gasteiger partial charge < -0.3 is 23.7 Å². The summed E-state index contributed by atoms with van der Waals surface area (Å²) in [7, 11) is 4.48. The summed E-state index contributed by atoms with van der Waals surface area (Å²) in [6.07, 6.45) is 1.54. The second-order valence-electron chi connectivity index (χ2n) is 7.38. The van der Waals surface area contributed by atoms with Gasteiger partial charge >= 0.3 is 5.97 Å². The Labute approximate surface area is 195 Å². The van der Waals surface area contributed by atoms with E-state index in [9.17, 15) is 14.0 Å². The van der Waals surface area contributed by atoms with Gasteiger partial charge in [-0.3, -0.25) is 4.79 Å². The molecular formula is C26H21FO7. The molecule has 3 aromatic rings. The Morgan fingerprint density at radius 2 is 1.74 bits per heavy atom. The number of allylic oxidation sites excluding steroid dienone is 1. The van der Waals surface area contributed by atoms with Gasteiger partial charge in [-0.2, -0.15) is 0 Å². The summed E-state index contributed by atoms with van der Waals surface area (Å²) in [6.45, 7) is 1.71. The molecule has 0 unspecified atom stereocenters. The van der Waals surface area contributed by atoms with Crippen LogP contribution >= 0.6 is 0 Å². The van der Waals surface area contributed by atoms with E-state index in [0.29, 0.717) is 33.9 Å². The summed E-state index contributed by atoms with van der Waals surface area (Å²) in [5.41, 5.74) is 1.53. The highest BCUT2D eigenvalue weighted by Crippen LogP contribution is 2.42. The first-order chi connectivity index (χ1) is 16.4. The summed E-state index contributed by atoms with van der Waals surface area (Å²) in [4.78, 5) is 25.4. The number of fused-ring (bicyclic) bond motifs is 1. The largest absolute Gasteiger partial charge is 0.493 e. The molecule has 1 aliphatic heterocycles. The van der Waals surface area contributed by atoms with Gasteiger partial charge in [0.25, 0.3) is 0 Å². The normalized spacial score (nSPS) is 13.3. The number of rotatable bonds is 6. The third kappa shape index (κ3) is 4.17. The minimum absolute atomic E-state index is 0.0660. The molecule has 0 saturated heterocycles. The molecule has 0 radical (unpaired) electrons. The molecule has 0 saturated carbocycles. The first-order valence-corrected chi connectivity index (χ1v) is 10.2. The summed E-state index contributed by atoms with van der Waals surface area (Å²) >= 11 is 0. The lowest BCUT2D eigenvalue weighted by Gasteiger charge is -2.14. The van der Waals surface area contributed by atoms with Crippen LogP contribution in [0.5, 0.6) is 28.7 Å². The summed E-state index contributed by atoms with van der Waals surface area (Å²) < 4.78 is 40.8. The molecule has 0 fully saturated rings. The predicted octanol–water partition coefficient (Wildman–Crippen LogP) is 5.00. The quantitative estimate of drug-likeness (QED) is 0.289. The van der Waals surface area contributed by atoms with Crippen molar-refractivity contribution >= 4 is 17.8 Å². The van der Waals surface area contributed by atoms with Gasteiger partial charge in [0.05, 0.1) is 32.5 Å². The predicted molar refractivity (Wildman–Crippen MR) is 122 cm³/mol. The van der Waals surface area contributed by atoms with Crippen molar-refractivity contribution in [2.45, 2.75) is 6.92 Å². The van der Waals surface area contributed by atoms with E-state index in [4.69, 9.17) is 23.7 Å². The van der Waals surface area contributed by atoms with Crippen molar-refractivity contribution in [3.05, 3.63) is 82.4 Å². The summed E-state index contributed by atoms with van der Waals surface area (Å²) in [5, 5.41) is 0. The molecule has 0 atom stereocenters. The van der Waals surface area contributed by atoms with Crippen LogP contribution in [-0.2, 0) is 0 Å². The lowest BCUT2D eigenvalue weighted by molar-refractivity contribution is 0.0734. The number of carbonyl (C=O) groups excluding carboxylic acids is 2. The zero-order chi connectivity index (χ0) is 24.4. The molecule has 0 aromatic heterocycles. The minimum atomic E-state index is -0.728. The number of carbonyl (C=O) groups is 2. The molecule has 0 N–H and O–H groups in total. The Balaban J connectivity index is 1.65. The Kier molecular flexibility index (Phi) is 6.23. The van der Waals surface area contributed by atoms with Crippen LogP contribution in [-0.4, -0.2) is 33.1 Å². The van der Waals surface area contributed by atoms with Crippen LogP contribution in [0.15, 0.2) is 54.3 Å². The average Bonchev–Trinajstić information content (AvgIpc) is 3.13. The highest BCUT2D eigenvalue weighted by molar-refractivity contribution is 6.15. The maximum absolute atomic E-state index is 13.4. The van der Waals surface area contributed by atoms with Crippen LogP contribution in [0.1, 0.15) is 31.8 Å². The van der Waals surface area contributed by atoms with Crippen LogP contribution in [0.3, 0.4) is 0 Å². The van der Waals surface area contributed by atoms with Gasteiger partial charge in [0.2, 0.25) is 11.5 Å². The van der Waals surface area contributed by atoms with Gasteiger partial charge in [-0.15, -0.1) is 0 Å². The molecule has 174 valence electrons. The second kappa shape index (κ2) is 9.27. The molecule has 1 aliphatic rings. The number of benzene rings is 3. The number of hydrogen-bond acceptors (Lipinski definition) is 7. The van der Waals surface area contributed by atoms with Crippen LogP contribution in [0, 0.1) is 12.7 Å². The molecule has 3 aromatic carbocycles. The Morgan fingerprint density at radius 3 is 2.41 bits per heavy atom. The maximum atomic E-state index is 13.4. The number of esters is 1. The average molecular weight is 464 g/mol. The molecule has 1 heterocycles. The number of ketones is 1. The van der Waals surface area contributed by atoms with Crippen molar-refractivity contribution in [2.24, 2.45) is 0 Å². The van der Waals surface area contributed by atoms with Crippen LogP contribution in [0.4, 0.5) is 4.39 Å². The first kappa shape index (κ1) is 22.8. The standard InChI is InChI=1S/C26H21FO7/c1-14-10-18(33-26(29)16-6-5-7-17(27)11-16)13-20-22(14)23(28)21(34-20)12-15-8-9-19(30-2)25(32-4)24(15)31-3/h5-13H,1-4H3/b21-12-. The van der Waals surface area contributed by atoms with Crippen LogP contribution in [0.25, 0.3) is 6.08 Å². The van der Waals surface area contributed by atoms with E-state index in [1.54, 1.807) is 31.2 Å². The van der Waals surface area contributed by atoms with Gasteiger partial charge in [-0.05, 0) is 55.0 Å². The topological polar surface area (TPSA) is 80.3 Å². The molecule has 7 nitrogen and oxygen atoms in total. The number of hydrogen-bond donors (Lipinski definition) is 0. The second-order valence-corrected chi connectivity index (χ2v) is 7.38. The van der Waals surface area contributed by atoms with Crippen LogP contribution in [0.2, 0.25) is 0 Å². The van der Waals surface area contributed by atoms with Gasteiger partial charge in [-0.25, -0.2) is 9.18 Å². The van der Waals surface area contributed by atoms with E-state index in [-0.39, 0.29) is 28.6 Å². The molecule has 0 spiro atoms. The molecular weight excluding hydrogens is 443 g/mol. The maximum Gasteiger partial charge on any atom is 0.343 e. The number of methoxy groups -OCH3 is 3. The van der Waals surface area contributed by atoms with Crippen molar-refractivity contribution in [3.8, 4) is 28.7 Å². The highest BCUT2D eigenvalue weighted by atomic mass is 19.1. The lowest BCUT2D eigenvalue weighted by Crippen LogP contribution is -2.09. The lowest BCUT2D eigenvalue weighted by atomic mass is 10.0. The van der Waals surface area contributed by atoms with Crippen molar-refractivity contribution in [3.63, 3.8) is 0 Å². The third-order valence-electron chi connectivity index (χ3n) is 5.24. The smallest absolute Gasteiger partial charge is 0.343 e.